The van der Waals surface area contributed by atoms with E-state index in [4.69, 9.17) is 0 Å². The molecule has 7 heteroatoms. The molecular weight excluding hydrogens is 362 g/mol. The summed E-state index contributed by atoms with van der Waals surface area (Å²) in [5.41, 5.74) is 1.45. The van der Waals surface area contributed by atoms with E-state index in [2.05, 4.69) is 10.3 Å². The van der Waals surface area contributed by atoms with Crippen LogP contribution in [0.4, 0.5) is 0 Å². The summed E-state index contributed by atoms with van der Waals surface area (Å²) < 4.78 is 27.4. The van der Waals surface area contributed by atoms with E-state index < -0.39 is 10.0 Å². The van der Waals surface area contributed by atoms with Crippen molar-refractivity contribution in [3.63, 3.8) is 0 Å². The number of nitrogens with one attached hydrogen (secondary N) is 1. The highest BCUT2D eigenvalue weighted by atomic mass is 32.2. The average molecular weight is 388 g/mol. The molecule has 1 N–H and O–H groups in total. The molecule has 2 heterocycles. The van der Waals surface area contributed by atoms with Crippen molar-refractivity contribution < 1.29 is 13.2 Å². The van der Waals surface area contributed by atoms with Gasteiger partial charge in [-0.3, -0.25) is 9.78 Å². The second kappa shape index (κ2) is 9.21. The molecule has 1 aromatic heterocycles. The number of aromatic nitrogens is 1. The van der Waals surface area contributed by atoms with Crippen LogP contribution in [0, 0.1) is 0 Å². The van der Waals surface area contributed by atoms with Crippen LogP contribution < -0.4 is 5.32 Å². The molecule has 2 aromatic rings. The lowest BCUT2D eigenvalue weighted by Gasteiger charge is -2.20. The van der Waals surface area contributed by atoms with Crippen LogP contribution in [0.25, 0.3) is 0 Å². The molecule has 0 atom stereocenters. The lowest BCUT2D eigenvalue weighted by molar-refractivity contribution is 0.0990. The Hall–Kier alpha value is -2.09. The number of carbonyl (C=O) groups excluding carboxylic acids is 1. The lowest BCUT2D eigenvalue weighted by Crippen LogP contribution is -2.32. The minimum absolute atomic E-state index is 0.128. The third-order valence-electron chi connectivity index (χ3n) is 4.72. The van der Waals surface area contributed by atoms with E-state index >= 15 is 0 Å². The topological polar surface area (TPSA) is 79.4 Å². The number of hydrogen-bond acceptors (Lipinski definition) is 5. The van der Waals surface area contributed by atoms with Crippen molar-refractivity contribution in [1.82, 2.24) is 14.6 Å². The van der Waals surface area contributed by atoms with E-state index in [1.54, 1.807) is 34.9 Å². The number of benzene rings is 1. The predicted molar refractivity (Wildman–Crippen MR) is 104 cm³/mol. The van der Waals surface area contributed by atoms with E-state index in [0.717, 1.165) is 31.2 Å². The van der Waals surface area contributed by atoms with Gasteiger partial charge in [0, 0.05) is 37.6 Å². The molecule has 1 aliphatic rings. The first-order valence-corrected chi connectivity index (χ1v) is 10.7. The van der Waals surface area contributed by atoms with Gasteiger partial charge in [-0.1, -0.05) is 25.0 Å². The average Bonchev–Trinajstić information content (AvgIpc) is 2.99. The van der Waals surface area contributed by atoms with Gasteiger partial charge in [0.05, 0.1) is 11.4 Å². The Morgan fingerprint density at radius 3 is 2.44 bits per heavy atom. The number of sulfonamides is 1. The van der Waals surface area contributed by atoms with Crippen molar-refractivity contribution in [3.8, 4) is 0 Å². The van der Waals surface area contributed by atoms with Gasteiger partial charge in [0.1, 0.15) is 0 Å². The van der Waals surface area contributed by atoms with E-state index in [1.807, 2.05) is 12.1 Å². The number of carbonyl (C=O) groups is 1. The first-order chi connectivity index (χ1) is 13.1. The molecule has 0 unspecified atom stereocenters. The summed E-state index contributed by atoms with van der Waals surface area (Å²) in [6.07, 6.45) is 7.31. The summed E-state index contributed by atoms with van der Waals surface area (Å²) in [7, 11) is -3.55. The molecule has 0 spiro atoms. The maximum absolute atomic E-state index is 12.9. The first-order valence-electron chi connectivity index (χ1n) is 9.30. The van der Waals surface area contributed by atoms with Gasteiger partial charge in [-0.25, -0.2) is 8.42 Å². The van der Waals surface area contributed by atoms with Crippen LogP contribution in [0.15, 0.2) is 53.7 Å². The van der Waals surface area contributed by atoms with E-state index in [1.165, 1.54) is 6.07 Å². The zero-order chi connectivity index (χ0) is 19.1. The van der Waals surface area contributed by atoms with Gasteiger partial charge in [0.15, 0.2) is 5.78 Å². The van der Waals surface area contributed by atoms with E-state index in [9.17, 15) is 13.2 Å². The first kappa shape index (κ1) is 19.7. The Morgan fingerprint density at radius 1 is 1.04 bits per heavy atom. The summed E-state index contributed by atoms with van der Waals surface area (Å²) in [4.78, 5) is 16.6. The molecule has 1 fully saturated rings. The molecule has 0 bridgehead atoms. The minimum Gasteiger partial charge on any atom is -0.306 e. The monoisotopic (exact) mass is 387 g/mol. The third kappa shape index (κ3) is 5.22. The molecule has 6 nitrogen and oxygen atoms in total. The SMILES string of the molecule is O=C(CNCc1ccncc1)c1cccc(S(=O)(=O)N2CCCCCC2)c1. The molecule has 3 rings (SSSR count). The zero-order valence-electron chi connectivity index (χ0n) is 15.3. The van der Waals surface area contributed by atoms with E-state index in [0.29, 0.717) is 25.2 Å². The fourth-order valence-electron chi connectivity index (χ4n) is 3.18. The number of pyridine rings is 1. The summed E-state index contributed by atoms with van der Waals surface area (Å²) in [5.74, 6) is -0.128. The van der Waals surface area contributed by atoms with Crippen LogP contribution in [0.1, 0.15) is 41.6 Å². The molecule has 0 saturated carbocycles. The summed E-state index contributed by atoms with van der Waals surface area (Å²) in [6.45, 7) is 1.80. The molecule has 1 aromatic carbocycles. The smallest absolute Gasteiger partial charge is 0.243 e. The van der Waals surface area contributed by atoms with Crippen LogP contribution in [-0.4, -0.2) is 43.1 Å². The zero-order valence-corrected chi connectivity index (χ0v) is 16.1. The van der Waals surface area contributed by atoms with Crippen molar-refractivity contribution in [2.75, 3.05) is 19.6 Å². The van der Waals surface area contributed by atoms with Crippen molar-refractivity contribution >= 4 is 15.8 Å². The summed E-state index contributed by atoms with van der Waals surface area (Å²) in [5, 5.41) is 3.09. The van der Waals surface area contributed by atoms with Gasteiger partial charge in [-0.2, -0.15) is 4.31 Å². The van der Waals surface area contributed by atoms with Crippen molar-refractivity contribution in [2.24, 2.45) is 0 Å². The van der Waals surface area contributed by atoms with Crippen LogP contribution >= 0.6 is 0 Å². The number of hydrogen-bond donors (Lipinski definition) is 1. The Bertz CT molecular complexity index is 861. The largest absolute Gasteiger partial charge is 0.306 e. The van der Waals surface area contributed by atoms with Gasteiger partial charge in [-0.05, 0) is 42.7 Å². The quantitative estimate of drug-likeness (QED) is 0.739. The minimum atomic E-state index is -3.55. The molecule has 144 valence electrons. The Morgan fingerprint density at radius 2 is 1.74 bits per heavy atom. The number of Topliss-reactive ketones (excluding diaryl/α,β-unsaturated/α-hetero) is 1. The summed E-state index contributed by atoms with van der Waals surface area (Å²) in [6, 6.07) is 10.1. The predicted octanol–water partition coefficient (Wildman–Crippen LogP) is 2.62. The van der Waals surface area contributed by atoms with Crippen LogP contribution in [0.2, 0.25) is 0 Å². The molecule has 0 radical (unpaired) electrons. The van der Waals surface area contributed by atoms with Gasteiger partial charge in [0.2, 0.25) is 10.0 Å². The fraction of sp³-hybridized carbons (Fsp3) is 0.400. The van der Waals surface area contributed by atoms with Gasteiger partial charge >= 0.3 is 0 Å². The fourth-order valence-corrected chi connectivity index (χ4v) is 4.75. The molecule has 0 aliphatic carbocycles. The molecule has 1 aliphatic heterocycles. The number of rotatable bonds is 7. The van der Waals surface area contributed by atoms with Crippen molar-refractivity contribution in [1.29, 1.82) is 0 Å². The van der Waals surface area contributed by atoms with Gasteiger partial charge in [0.25, 0.3) is 0 Å². The second-order valence-electron chi connectivity index (χ2n) is 6.73. The Balaban J connectivity index is 1.66. The van der Waals surface area contributed by atoms with Crippen molar-refractivity contribution in [3.05, 3.63) is 59.9 Å². The van der Waals surface area contributed by atoms with Crippen LogP contribution in [0.5, 0.6) is 0 Å². The highest BCUT2D eigenvalue weighted by molar-refractivity contribution is 7.89. The number of ketones is 1. The molecule has 0 amide bonds. The highest BCUT2D eigenvalue weighted by Crippen LogP contribution is 2.21. The highest BCUT2D eigenvalue weighted by Gasteiger charge is 2.25. The molecular formula is C20H25N3O3S. The second-order valence-corrected chi connectivity index (χ2v) is 8.67. The van der Waals surface area contributed by atoms with Crippen molar-refractivity contribution in [2.45, 2.75) is 37.1 Å². The Labute approximate surface area is 160 Å². The van der Waals surface area contributed by atoms with Crippen LogP contribution in [0.3, 0.4) is 0 Å². The van der Waals surface area contributed by atoms with E-state index in [-0.39, 0.29) is 17.2 Å². The number of nitrogens with zero attached hydrogens (tertiary/aromatic N) is 2. The van der Waals surface area contributed by atoms with Gasteiger partial charge < -0.3 is 5.32 Å². The normalized spacial score (nSPS) is 16.0. The maximum Gasteiger partial charge on any atom is 0.243 e. The maximum atomic E-state index is 12.9. The Kier molecular flexibility index (Phi) is 6.71. The van der Waals surface area contributed by atoms with Crippen LogP contribution in [-0.2, 0) is 16.6 Å². The van der Waals surface area contributed by atoms with Gasteiger partial charge in [-0.15, -0.1) is 0 Å². The summed E-state index contributed by atoms with van der Waals surface area (Å²) >= 11 is 0. The molecule has 27 heavy (non-hydrogen) atoms. The lowest BCUT2D eigenvalue weighted by atomic mass is 10.1. The molecule has 1 saturated heterocycles. The third-order valence-corrected chi connectivity index (χ3v) is 6.62. The standard InChI is InChI=1S/C20H25N3O3S/c24-20(16-22-15-17-8-10-21-11-9-17)18-6-5-7-19(14-18)27(25,26)23-12-3-1-2-4-13-23/h5-11,14,22H,1-4,12-13,15-16H2.